The molecule has 5 nitrogen and oxygen atoms in total. The smallest absolute Gasteiger partial charge is 0.231 e. The summed E-state index contributed by atoms with van der Waals surface area (Å²) in [5.74, 6) is 0.717. The van der Waals surface area contributed by atoms with Crippen LogP contribution in [0.5, 0.6) is 11.5 Å². The second kappa shape index (κ2) is 5.64. The van der Waals surface area contributed by atoms with Gasteiger partial charge >= 0.3 is 0 Å². The Kier molecular flexibility index (Phi) is 3.19. The quantitative estimate of drug-likeness (QED) is 0.764. The number of benzene rings is 2. The van der Waals surface area contributed by atoms with Crippen LogP contribution in [0.2, 0.25) is 0 Å². The third-order valence-electron chi connectivity index (χ3n) is 6.13. The van der Waals surface area contributed by atoms with Crippen LogP contribution in [-0.2, 0) is 4.79 Å². The Balaban J connectivity index is 1.59. The van der Waals surface area contributed by atoms with E-state index < -0.39 is 5.92 Å². The maximum Gasteiger partial charge on any atom is 0.231 e. The zero-order valence-electron chi connectivity index (χ0n) is 15.1. The van der Waals surface area contributed by atoms with Gasteiger partial charge in [0.05, 0.1) is 11.6 Å². The molecule has 0 saturated carbocycles. The molecule has 0 amide bonds. The lowest BCUT2D eigenvalue weighted by Crippen LogP contribution is -2.33. The molecule has 2 aromatic rings. The molecule has 4 aliphatic rings. The second-order valence-electron chi connectivity index (χ2n) is 7.61. The van der Waals surface area contributed by atoms with E-state index in [1.165, 1.54) is 0 Å². The first kappa shape index (κ1) is 15.8. The molecule has 0 saturated heterocycles. The molecule has 2 atom stereocenters. The van der Waals surface area contributed by atoms with Gasteiger partial charge in [-0.15, -0.1) is 0 Å². The normalized spacial score (nSPS) is 24.6. The molecule has 0 N–H and O–H groups in total. The fourth-order valence-electron chi connectivity index (χ4n) is 4.91. The Morgan fingerprint density at radius 1 is 0.893 bits per heavy atom. The van der Waals surface area contributed by atoms with Crippen LogP contribution in [-0.4, -0.2) is 24.1 Å². The molecule has 0 spiro atoms. The molecule has 5 heteroatoms. The maximum absolute atomic E-state index is 13.4. The van der Waals surface area contributed by atoms with Gasteiger partial charge in [0.15, 0.2) is 23.1 Å². The third kappa shape index (κ3) is 2.04. The molecular weight excluding hydrogens is 354 g/mol. The Labute approximate surface area is 161 Å². The Bertz CT molecular complexity index is 1130. The van der Waals surface area contributed by atoms with Gasteiger partial charge in [-0.05, 0) is 30.5 Å². The van der Waals surface area contributed by atoms with Crippen LogP contribution in [0.25, 0.3) is 0 Å². The highest BCUT2D eigenvalue weighted by molar-refractivity contribution is 6.30. The number of fused-ring (bicyclic) bond motifs is 4. The Morgan fingerprint density at radius 3 is 2.61 bits per heavy atom. The highest BCUT2D eigenvalue weighted by Gasteiger charge is 2.48. The van der Waals surface area contributed by atoms with Crippen molar-refractivity contribution in [2.45, 2.75) is 25.2 Å². The molecule has 6 rings (SSSR count). The summed E-state index contributed by atoms with van der Waals surface area (Å²) in [4.78, 5) is 31.1. The lowest BCUT2D eigenvalue weighted by atomic mass is 9.71. The SMILES string of the molecule is O=C1CCCC2=C1[C@@H](c1ccc3c(c1)OCO3)[C@@H]1C(=O)c3ccccc3C1=N2. The number of Topliss-reactive ketones (excluding diaryl/α,β-unsaturated/α-hetero) is 2. The number of ether oxygens (including phenoxy) is 2. The van der Waals surface area contributed by atoms with Gasteiger partial charge in [0.1, 0.15) is 0 Å². The van der Waals surface area contributed by atoms with Crippen LogP contribution in [0.3, 0.4) is 0 Å². The van der Waals surface area contributed by atoms with Crippen LogP contribution in [0, 0.1) is 5.92 Å². The molecule has 2 aliphatic carbocycles. The van der Waals surface area contributed by atoms with Gasteiger partial charge in [0.25, 0.3) is 0 Å². The molecule has 28 heavy (non-hydrogen) atoms. The van der Waals surface area contributed by atoms with E-state index in [1.807, 2.05) is 42.5 Å². The van der Waals surface area contributed by atoms with Gasteiger partial charge in [-0.2, -0.15) is 0 Å². The summed E-state index contributed by atoms with van der Waals surface area (Å²) < 4.78 is 11.0. The van der Waals surface area contributed by atoms with Crippen LogP contribution in [0.15, 0.2) is 58.7 Å². The van der Waals surface area contributed by atoms with Crippen molar-refractivity contribution in [2.75, 3.05) is 6.79 Å². The van der Waals surface area contributed by atoms with E-state index in [4.69, 9.17) is 14.5 Å². The topological polar surface area (TPSA) is 65.0 Å². The van der Waals surface area contributed by atoms with Crippen molar-refractivity contribution >= 4 is 17.3 Å². The minimum atomic E-state index is -0.460. The summed E-state index contributed by atoms with van der Waals surface area (Å²) in [6.45, 7) is 0.191. The van der Waals surface area contributed by atoms with Crippen LogP contribution in [0.1, 0.15) is 46.7 Å². The fraction of sp³-hybridized carbons (Fsp3) is 0.261. The van der Waals surface area contributed by atoms with Crippen molar-refractivity contribution < 1.29 is 19.1 Å². The monoisotopic (exact) mass is 371 g/mol. The second-order valence-corrected chi connectivity index (χ2v) is 7.61. The Morgan fingerprint density at radius 2 is 1.71 bits per heavy atom. The van der Waals surface area contributed by atoms with Gasteiger partial charge in [0, 0.05) is 34.7 Å². The first-order valence-electron chi connectivity index (χ1n) is 9.60. The molecule has 2 aliphatic heterocycles. The molecule has 2 heterocycles. The number of carbonyl (C=O) groups is 2. The van der Waals surface area contributed by atoms with E-state index in [2.05, 4.69) is 0 Å². The highest BCUT2D eigenvalue weighted by Crippen LogP contribution is 2.49. The summed E-state index contributed by atoms with van der Waals surface area (Å²) in [6, 6.07) is 13.4. The molecule has 0 aromatic heterocycles. The van der Waals surface area contributed by atoms with E-state index >= 15 is 0 Å². The van der Waals surface area contributed by atoms with Gasteiger partial charge < -0.3 is 9.47 Å². The van der Waals surface area contributed by atoms with E-state index in [9.17, 15) is 9.59 Å². The molecular formula is C23H17NO4. The van der Waals surface area contributed by atoms with E-state index in [0.29, 0.717) is 29.1 Å². The maximum atomic E-state index is 13.4. The number of rotatable bonds is 1. The number of hydrogen-bond acceptors (Lipinski definition) is 5. The first-order valence-corrected chi connectivity index (χ1v) is 9.60. The molecule has 138 valence electrons. The van der Waals surface area contributed by atoms with Gasteiger partial charge in [-0.25, -0.2) is 0 Å². The molecule has 0 bridgehead atoms. The molecule has 2 aromatic carbocycles. The van der Waals surface area contributed by atoms with E-state index in [0.717, 1.165) is 35.4 Å². The molecule has 0 radical (unpaired) electrons. The lowest BCUT2D eigenvalue weighted by Gasteiger charge is -2.33. The van der Waals surface area contributed by atoms with Crippen molar-refractivity contribution in [1.82, 2.24) is 0 Å². The lowest BCUT2D eigenvalue weighted by molar-refractivity contribution is -0.116. The summed E-state index contributed by atoms with van der Waals surface area (Å²) >= 11 is 0. The molecule has 0 fully saturated rings. The number of carbonyl (C=O) groups excluding carboxylic acids is 2. The highest BCUT2D eigenvalue weighted by atomic mass is 16.7. The largest absolute Gasteiger partial charge is 0.454 e. The summed E-state index contributed by atoms with van der Waals surface area (Å²) in [5, 5.41) is 0. The van der Waals surface area contributed by atoms with Crippen molar-refractivity contribution in [3.63, 3.8) is 0 Å². The predicted molar refractivity (Wildman–Crippen MR) is 102 cm³/mol. The Hall–Kier alpha value is -3.21. The number of aliphatic imine (C=N–C) groups is 1. The first-order chi connectivity index (χ1) is 13.7. The average Bonchev–Trinajstić information content (AvgIpc) is 3.30. The molecule has 0 unspecified atom stereocenters. The van der Waals surface area contributed by atoms with Crippen molar-refractivity contribution in [1.29, 1.82) is 0 Å². The number of allylic oxidation sites excluding steroid dienone is 2. The van der Waals surface area contributed by atoms with Gasteiger partial charge in [-0.1, -0.05) is 30.3 Å². The minimum absolute atomic E-state index is 0.0435. The zero-order valence-corrected chi connectivity index (χ0v) is 15.1. The van der Waals surface area contributed by atoms with Crippen LogP contribution < -0.4 is 9.47 Å². The summed E-state index contributed by atoms with van der Waals surface area (Å²) in [5.41, 5.74) is 4.86. The van der Waals surface area contributed by atoms with E-state index in [-0.39, 0.29) is 24.3 Å². The van der Waals surface area contributed by atoms with Gasteiger partial charge in [-0.3, -0.25) is 14.6 Å². The van der Waals surface area contributed by atoms with Crippen molar-refractivity contribution in [2.24, 2.45) is 10.9 Å². The number of nitrogens with zero attached hydrogens (tertiary/aromatic N) is 1. The summed E-state index contributed by atoms with van der Waals surface area (Å²) in [7, 11) is 0. The number of ketones is 2. The average molecular weight is 371 g/mol. The van der Waals surface area contributed by atoms with Crippen LogP contribution >= 0.6 is 0 Å². The third-order valence-corrected chi connectivity index (χ3v) is 6.13. The van der Waals surface area contributed by atoms with Crippen molar-refractivity contribution in [3.8, 4) is 11.5 Å². The standard InChI is InChI=1S/C23H17NO4/c25-16-7-3-6-15-20(16)19(12-8-9-17-18(10-12)28-11-27-17)21-22(24-15)13-4-1-2-5-14(13)23(21)26/h1-2,4-5,8-10,19,21H,3,6-7,11H2/t19-,21+/m1/s1. The minimum Gasteiger partial charge on any atom is -0.454 e. The fourth-order valence-corrected chi connectivity index (χ4v) is 4.91. The van der Waals surface area contributed by atoms with E-state index in [1.54, 1.807) is 0 Å². The predicted octanol–water partition coefficient (Wildman–Crippen LogP) is 3.82. The van der Waals surface area contributed by atoms with Crippen LogP contribution in [0.4, 0.5) is 0 Å². The zero-order chi connectivity index (χ0) is 18.8. The summed E-state index contributed by atoms with van der Waals surface area (Å²) in [6.07, 6.45) is 2.09. The van der Waals surface area contributed by atoms with Gasteiger partial charge in [0.2, 0.25) is 6.79 Å². The number of hydrogen-bond donors (Lipinski definition) is 0. The van der Waals surface area contributed by atoms with Crippen molar-refractivity contribution in [3.05, 3.63) is 70.4 Å².